The summed E-state index contributed by atoms with van der Waals surface area (Å²) in [5.74, 6) is -1.17. The van der Waals surface area contributed by atoms with Crippen molar-refractivity contribution >= 4 is 16.0 Å². The van der Waals surface area contributed by atoms with Gasteiger partial charge < -0.3 is 5.11 Å². The molecule has 8 heteroatoms. The van der Waals surface area contributed by atoms with E-state index in [0.717, 1.165) is 16.9 Å². The molecule has 7 nitrogen and oxygen atoms in total. The second-order valence-electron chi connectivity index (χ2n) is 6.73. The van der Waals surface area contributed by atoms with E-state index in [2.05, 4.69) is 5.10 Å². The Balaban J connectivity index is 1.75. The third-order valence-electron chi connectivity index (χ3n) is 4.88. The smallest absolute Gasteiger partial charge is 0.356 e. The van der Waals surface area contributed by atoms with Gasteiger partial charge in [0.1, 0.15) is 0 Å². The summed E-state index contributed by atoms with van der Waals surface area (Å²) in [4.78, 5) is 11.9. The lowest BCUT2D eigenvalue weighted by molar-refractivity contribution is 0.0688. The first-order chi connectivity index (χ1) is 13.4. The summed E-state index contributed by atoms with van der Waals surface area (Å²) < 4.78 is 29.0. The van der Waals surface area contributed by atoms with Crippen LogP contribution in [0.3, 0.4) is 0 Å². The summed E-state index contributed by atoms with van der Waals surface area (Å²) in [6.45, 7) is 2.14. The van der Waals surface area contributed by atoms with Crippen molar-refractivity contribution in [3.63, 3.8) is 0 Å². The van der Waals surface area contributed by atoms with Gasteiger partial charge in [-0.15, -0.1) is 0 Å². The van der Waals surface area contributed by atoms with Crippen LogP contribution in [0.15, 0.2) is 59.5 Å². The van der Waals surface area contributed by atoms with Gasteiger partial charge in [0.25, 0.3) is 0 Å². The van der Waals surface area contributed by atoms with E-state index in [-0.39, 0.29) is 23.7 Å². The highest BCUT2D eigenvalue weighted by Crippen LogP contribution is 2.29. The van der Waals surface area contributed by atoms with Crippen molar-refractivity contribution in [2.45, 2.75) is 24.8 Å². The number of aromatic nitrogens is 2. The molecule has 1 aromatic heterocycles. The predicted octanol–water partition coefficient (Wildman–Crippen LogP) is 2.63. The van der Waals surface area contributed by atoms with Crippen LogP contribution in [0.4, 0.5) is 0 Å². The third-order valence-corrected chi connectivity index (χ3v) is 6.74. The molecule has 0 aliphatic carbocycles. The van der Waals surface area contributed by atoms with Crippen LogP contribution in [-0.4, -0.2) is 40.1 Å². The molecule has 28 heavy (non-hydrogen) atoms. The highest BCUT2D eigenvalue weighted by molar-refractivity contribution is 7.89. The van der Waals surface area contributed by atoms with E-state index < -0.39 is 16.0 Å². The van der Waals surface area contributed by atoms with Crippen LogP contribution in [0.1, 0.15) is 27.3 Å². The molecule has 0 amide bonds. The summed E-state index contributed by atoms with van der Waals surface area (Å²) in [6.07, 6.45) is 0.385. The van der Waals surface area contributed by atoms with Crippen LogP contribution < -0.4 is 0 Å². The average molecular weight is 397 g/mol. The van der Waals surface area contributed by atoms with Crippen molar-refractivity contribution in [3.05, 3.63) is 77.1 Å². The minimum Gasteiger partial charge on any atom is -0.476 e. The second-order valence-corrected chi connectivity index (χ2v) is 8.67. The number of carboxylic acids is 1. The fraction of sp³-hybridized carbons (Fsp3) is 0.200. The molecule has 0 bridgehead atoms. The number of benzene rings is 2. The van der Waals surface area contributed by atoms with Gasteiger partial charge in [-0.3, -0.25) is 0 Å². The predicted molar refractivity (Wildman–Crippen MR) is 103 cm³/mol. The number of aryl methyl sites for hydroxylation is 1. The lowest BCUT2D eigenvalue weighted by Crippen LogP contribution is -2.36. The summed E-state index contributed by atoms with van der Waals surface area (Å²) in [7, 11) is -3.72. The molecule has 0 saturated heterocycles. The van der Waals surface area contributed by atoms with Crippen molar-refractivity contribution in [1.82, 2.24) is 14.1 Å². The monoisotopic (exact) mass is 397 g/mol. The van der Waals surface area contributed by atoms with Crippen LogP contribution in [0.2, 0.25) is 0 Å². The lowest BCUT2D eigenvalue weighted by Gasteiger charge is -2.27. The van der Waals surface area contributed by atoms with E-state index in [0.29, 0.717) is 12.0 Å². The highest BCUT2D eigenvalue weighted by atomic mass is 32.2. The van der Waals surface area contributed by atoms with Crippen molar-refractivity contribution in [2.24, 2.45) is 0 Å². The van der Waals surface area contributed by atoms with Crippen LogP contribution in [0, 0.1) is 6.92 Å². The zero-order valence-corrected chi connectivity index (χ0v) is 16.1. The van der Waals surface area contributed by atoms with E-state index in [4.69, 9.17) is 0 Å². The Hall–Kier alpha value is -2.97. The van der Waals surface area contributed by atoms with Gasteiger partial charge in [0.2, 0.25) is 10.0 Å². The molecule has 0 spiro atoms. The number of fused-ring (bicyclic) bond motifs is 1. The normalized spacial score (nSPS) is 14.6. The molecule has 2 heterocycles. The SMILES string of the molecule is Cc1ccc(S(=O)(=O)N2CCc3c(c(C(=O)O)nn3-c3ccccc3)C2)cc1. The Morgan fingerprint density at radius 1 is 1.07 bits per heavy atom. The number of rotatable bonds is 4. The zero-order chi connectivity index (χ0) is 19.9. The van der Waals surface area contributed by atoms with Gasteiger partial charge in [-0.1, -0.05) is 35.9 Å². The number of hydrogen-bond donors (Lipinski definition) is 1. The van der Waals surface area contributed by atoms with Gasteiger partial charge in [0.15, 0.2) is 5.69 Å². The number of nitrogens with zero attached hydrogens (tertiary/aromatic N) is 3. The Morgan fingerprint density at radius 2 is 1.75 bits per heavy atom. The quantitative estimate of drug-likeness (QED) is 0.731. The van der Waals surface area contributed by atoms with Gasteiger partial charge in [0.05, 0.1) is 16.3 Å². The third kappa shape index (κ3) is 3.10. The fourth-order valence-corrected chi connectivity index (χ4v) is 4.82. The molecule has 144 valence electrons. The minimum atomic E-state index is -3.72. The second kappa shape index (κ2) is 6.88. The molecule has 4 rings (SSSR count). The van der Waals surface area contributed by atoms with E-state index in [1.807, 2.05) is 37.3 Å². The van der Waals surface area contributed by atoms with Gasteiger partial charge in [-0.05, 0) is 31.2 Å². The Bertz CT molecular complexity index is 1140. The number of aromatic carboxylic acids is 1. The Morgan fingerprint density at radius 3 is 2.39 bits per heavy atom. The Labute approximate surface area is 162 Å². The number of carboxylic acid groups (broad SMARTS) is 1. The molecule has 3 aromatic rings. The summed E-state index contributed by atoms with van der Waals surface area (Å²) in [5, 5.41) is 13.9. The first-order valence-electron chi connectivity index (χ1n) is 8.84. The van der Waals surface area contributed by atoms with Crippen molar-refractivity contribution < 1.29 is 18.3 Å². The largest absolute Gasteiger partial charge is 0.476 e. The first-order valence-corrected chi connectivity index (χ1v) is 10.3. The van der Waals surface area contributed by atoms with Crippen LogP contribution in [0.25, 0.3) is 5.69 Å². The molecule has 0 saturated carbocycles. The van der Waals surface area contributed by atoms with E-state index in [9.17, 15) is 18.3 Å². The Kier molecular flexibility index (Phi) is 4.52. The van der Waals surface area contributed by atoms with Gasteiger partial charge in [0, 0.05) is 25.1 Å². The van der Waals surface area contributed by atoms with Crippen LogP contribution in [0.5, 0.6) is 0 Å². The summed E-state index contributed by atoms with van der Waals surface area (Å²) in [5.41, 5.74) is 2.79. The standard InChI is InChI=1S/C20H19N3O4S/c1-14-7-9-16(10-8-14)28(26,27)22-12-11-18-17(13-22)19(20(24)25)21-23(18)15-5-3-2-4-6-15/h2-10H,11-13H2,1H3,(H,24,25). The molecule has 1 aliphatic heterocycles. The zero-order valence-electron chi connectivity index (χ0n) is 15.2. The van der Waals surface area contributed by atoms with E-state index in [1.165, 1.54) is 4.31 Å². The minimum absolute atomic E-state index is 0.0139. The number of hydrogen-bond acceptors (Lipinski definition) is 4. The number of para-hydroxylation sites is 1. The molecule has 2 aromatic carbocycles. The maximum Gasteiger partial charge on any atom is 0.356 e. The van der Waals surface area contributed by atoms with Gasteiger partial charge >= 0.3 is 5.97 Å². The molecule has 0 fully saturated rings. The van der Waals surface area contributed by atoms with E-state index >= 15 is 0 Å². The van der Waals surface area contributed by atoms with E-state index in [1.54, 1.807) is 28.9 Å². The molecular weight excluding hydrogens is 378 g/mol. The first kappa shape index (κ1) is 18.4. The molecule has 0 unspecified atom stereocenters. The molecule has 0 radical (unpaired) electrons. The van der Waals surface area contributed by atoms with Gasteiger partial charge in [-0.25, -0.2) is 17.9 Å². The molecule has 1 aliphatic rings. The van der Waals surface area contributed by atoms with Crippen molar-refractivity contribution in [2.75, 3.05) is 6.54 Å². The number of carbonyl (C=O) groups is 1. The summed E-state index contributed by atoms with van der Waals surface area (Å²) in [6, 6.07) is 15.9. The maximum atomic E-state index is 13.0. The lowest BCUT2D eigenvalue weighted by atomic mass is 10.1. The number of sulfonamides is 1. The molecule has 1 N–H and O–H groups in total. The van der Waals surface area contributed by atoms with Gasteiger partial charge in [-0.2, -0.15) is 9.40 Å². The average Bonchev–Trinajstić information content (AvgIpc) is 3.08. The summed E-state index contributed by atoms with van der Waals surface area (Å²) >= 11 is 0. The fourth-order valence-electron chi connectivity index (χ4n) is 3.41. The van der Waals surface area contributed by atoms with Crippen molar-refractivity contribution in [3.8, 4) is 5.69 Å². The van der Waals surface area contributed by atoms with Crippen molar-refractivity contribution in [1.29, 1.82) is 0 Å². The van der Waals surface area contributed by atoms with Crippen LogP contribution >= 0.6 is 0 Å². The maximum absolute atomic E-state index is 13.0. The highest BCUT2D eigenvalue weighted by Gasteiger charge is 2.34. The topological polar surface area (TPSA) is 92.5 Å². The van der Waals surface area contributed by atoms with Crippen LogP contribution in [-0.2, 0) is 23.0 Å². The molecule has 0 atom stereocenters. The molecular formula is C20H19N3O4S.